The molecule has 0 aromatic heterocycles. The van der Waals surface area contributed by atoms with Crippen LogP contribution in [0.5, 0.6) is 0 Å². The van der Waals surface area contributed by atoms with Gasteiger partial charge >= 0.3 is 12.1 Å². The van der Waals surface area contributed by atoms with Crippen LogP contribution in [0.2, 0.25) is 0 Å². The highest BCUT2D eigenvalue weighted by atomic mass is 31.2. The van der Waals surface area contributed by atoms with E-state index in [1.54, 1.807) is 45.0 Å². The van der Waals surface area contributed by atoms with Gasteiger partial charge in [0.25, 0.3) is 0 Å². The van der Waals surface area contributed by atoms with Gasteiger partial charge < -0.3 is 25.0 Å². The van der Waals surface area contributed by atoms with Crippen LogP contribution in [0, 0.1) is 5.92 Å². The molecule has 0 aliphatic rings. The van der Waals surface area contributed by atoms with Crippen molar-refractivity contribution in [3.8, 4) is 0 Å². The highest BCUT2D eigenvalue weighted by Gasteiger charge is 2.39. The fourth-order valence-corrected chi connectivity index (χ4v) is 7.30. The second kappa shape index (κ2) is 17.6. The number of hydrogen-bond donors (Lipinski definition) is 3. The van der Waals surface area contributed by atoms with Gasteiger partial charge in [-0.1, -0.05) is 121 Å². The van der Waals surface area contributed by atoms with Crippen molar-refractivity contribution in [2.75, 3.05) is 6.16 Å². The number of alkyl carbamates (subject to hydrolysis) is 1. The van der Waals surface area contributed by atoms with E-state index in [2.05, 4.69) is 10.6 Å². The highest BCUT2D eigenvalue weighted by Crippen LogP contribution is 2.48. The summed E-state index contributed by atoms with van der Waals surface area (Å²) in [4.78, 5) is 52.2. The summed E-state index contributed by atoms with van der Waals surface area (Å²) in [5, 5.41) is 5.46. The van der Waals surface area contributed by atoms with Crippen LogP contribution in [0.4, 0.5) is 4.79 Å². The molecule has 10 heteroatoms. The van der Waals surface area contributed by atoms with Gasteiger partial charge in [0.2, 0.25) is 13.3 Å². The van der Waals surface area contributed by atoms with E-state index in [0.717, 1.165) is 22.3 Å². The lowest BCUT2D eigenvalue weighted by Crippen LogP contribution is -2.47. The van der Waals surface area contributed by atoms with Crippen molar-refractivity contribution < 1.29 is 33.3 Å². The van der Waals surface area contributed by atoms with Gasteiger partial charge in [-0.05, 0) is 49.4 Å². The minimum Gasteiger partial charge on any atom is -0.459 e. The van der Waals surface area contributed by atoms with Crippen LogP contribution < -0.4 is 10.6 Å². The van der Waals surface area contributed by atoms with Crippen LogP contribution in [-0.2, 0) is 49.5 Å². The van der Waals surface area contributed by atoms with Crippen molar-refractivity contribution in [1.29, 1.82) is 0 Å². The Kier molecular flexibility index (Phi) is 13.3. The SMILES string of the molecule is CC(C)(C)OC(=O)NC(Cc1ccccc1)P(=O)(O)CC(Cc1ccccc1)C(=O)N[C@@H](Cc1ccccc1)C(=O)OCc1ccccc1. The van der Waals surface area contributed by atoms with Gasteiger partial charge in [-0.25, -0.2) is 9.59 Å². The Hall–Kier alpha value is -4.72. The first-order chi connectivity index (χ1) is 23.4. The Bertz CT molecular complexity index is 1680. The summed E-state index contributed by atoms with van der Waals surface area (Å²) in [6.07, 6.45) is -0.977. The molecule has 0 aliphatic heterocycles. The predicted octanol–water partition coefficient (Wildman–Crippen LogP) is 6.68. The number of carbonyl (C=O) groups excluding carboxylic acids is 3. The van der Waals surface area contributed by atoms with Gasteiger partial charge in [0.15, 0.2) is 0 Å². The van der Waals surface area contributed by atoms with Gasteiger partial charge in [-0.3, -0.25) is 9.36 Å². The van der Waals surface area contributed by atoms with Crippen LogP contribution in [0.15, 0.2) is 121 Å². The van der Waals surface area contributed by atoms with E-state index in [1.165, 1.54) is 0 Å². The summed E-state index contributed by atoms with van der Waals surface area (Å²) in [7, 11) is -4.31. The lowest BCUT2D eigenvalue weighted by Gasteiger charge is -2.29. The molecule has 258 valence electrons. The fourth-order valence-electron chi connectivity index (χ4n) is 5.32. The number of esters is 1. The summed E-state index contributed by atoms with van der Waals surface area (Å²) >= 11 is 0. The summed E-state index contributed by atoms with van der Waals surface area (Å²) in [6.45, 7) is 5.13. The van der Waals surface area contributed by atoms with Crippen molar-refractivity contribution >= 4 is 25.3 Å². The average Bonchev–Trinajstić information content (AvgIpc) is 3.07. The highest BCUT2D eigenvalue weighted by molar-refractivity contribution is 7.58. The van der Waals surface area contributed by atoms with Gasteiger partial charge in [0.05, 0.1) is 5.92 Å². The van der Waals surface area contributed by atoms with Crippen molar-refractivity contribution in [3.05, 3.63) is 144 Å². The number of hydrogen-bond acceptors (Lipinski definition) is 6. The van der Waals surface area contributed by atoms with Crippen molar-refractivity contribution in [2.45, 2.75) is 64.1 Å². The Balaban J connectivity index is 1.61. The van der Waals surface area contributed by atoms with E-state index < -0.39 is 54.8 Å². The van der Waals surface area contributed by atoms with E-state index >= 15 is 0 Å². The largest absolute Gasteiger partial charge is 0.459 e. The molecule has 0 bridgehead atoms. The molecule has 4 aromatic carbocycles. The standard InChI is InChI=1S/C39H45N2O7P/c1-39(2,3)48-38(44)41-35(26-31-20-12-6-13-21-31)49(45,46)28-33(24-29-16-8-4-9-17-29)36(42)40-34(25-30-18-10-5-11-19-30)37(43)47-27-32-22-14-7-15-23-32/h4-23,33-35H,24-28H2,1-3H3,(H,40,42)(H,41,44)(H,45,46)/t33?,34-,35?/m0/s1. The molecule has 0 spiro atoms. The van der Waals surface area contributed by atoms with E-state index in [0.29, 0.717) is 0 Å². The average molecular weight is 685 g/mol. The van der Waals surface area contributed by atoms with E-state index in [9.17, 15) is 23.8 Å². The molecule has 0 saturated heterocycles. The zero-order valence-electron chi connectivity index (χ0n) is 28.2. The van der Waals surface area contributed by atoms with Crippen LogP contribution >= 0.6 is 7.37 Å². The summed E-state index contributed by atoms with van der Waals surface area (Å²) < 4.78 is 25.4. The minimum absolute atomic E-state index is 0.0254. The second-order valence-corrected chi connectivity index (χ2v) is 15.5. The number of benzene rings is 4. The molecule has 2 amide bonds. The first kappa shape index (κ1) is 37.1. The monoisotopic (exact) mass is 684 g/mol. The lowest BCUT2D eigenvalue weighted by molar-refractivity contribution is -0.149. The van der Waals surface area contributed by atoms with Gasteiger partial charge in [-0.15, -0.1) is 0 Å². The Morgan fingerprint density at radius 1 is 0.673 bits per heavy atom. The maximum atomic E-state index is 14.3. The molecule has 3 N–H and O–H groups in total. The van der Waals surface area contributed by atoms with Gasteiger partial charge in [-0.2, -0.15) is 0 Å². The quantitative estimate of drug-likeness (QED) is 0.0941. The van der Waals surface area contributed by atoms with Crippen molar-refractivity contribution in [3.63, 3.8) is 0 Å². The zero-order valence-corrected chi connectivity index (χ0v) is 29.1. The number of amides is 2. The molecule has 4 atom stereocenters. The molecule has 4 rings (SSSR count). The molecule has 0 saturated carbocycles. The molecule has 0 radical (unpaired) electrons. The van der Waals surface area contributed by atoms with E-state index in [-0.39, 0.29) is 25.9 Å². The molecular weight excluding hydrogens is 639 g/mol. The Morgan fingerprint density at radius 3 is 1.61 bits per heavy atom. The molecule has 3 unspecified atom stereocenters. The van der Waals surface area contributed by atoms with Crippen LogP contribution in [0.25, 0.3) is 0 Å². The molecule has 9 nitrogen and oxygen atoms in total. The van der Waals surface area contributed by atoms with Crippen LogP contribution in [-0.4, -0.2) is 46.5 Å². The van der Waals surface area contributed by atoms with Crippen LogP contribution in [0.1, 0.15) is 43.0 Å². The third-order valence-corrected chi connectivity index (χ3v) is 9.98. The van der Waals surface area contributed by atoms with E-state index in [4.69, 9.17) is 9.47 Å². The van der Waals surface area contributed by atoms with Gasteiger partial charge in [0, 0.05) is 19.0 Å². The topological polar surface area (TPSA) is 131 Å². The normalized spacial score (nSPS) is 14.4. The molecule has 0 fully saturated rings. The maximum absolute atomic E-state index is 14.3. The number of rotatable bonds is 15. The molecule has 49 heavy (non-hydrogen) atoms. The number of nitrogens with one attached hydrogen (secondary N) is 2. The van der Waals surface area contributed by atoms with Gasteiger partial charge in [0.1, 0.15) is 24.0 Å². The molecule has 0 aliphatic carbocycles. The Labute approximate surface area is 288 Å². The first-order valence-electron chi connectivity index (χ1n) is 16.3. The molecular formula is C39H45N2O7P. The third kappa shape index (κ3) is 12.7. The smallest absolute Gasteiger partial charge is 0.408 e. The second-order valence-electron chi connectivity index (χ2n) is 13.0. The van der Waals surface area contributed by atoms with Crippen LogP contribution in [0.3, 0.4) is 0 Å². The number of carbonyl (C=O) groups is 3. The summed E-state index contributed by atoms with van der Waals surface area (Å²) in [5.74, 6) is -3.48. The number of ether oxygens (including phenoxy) is 2. The summed E-state index contributed by atoms with van der Waals surface area (Å²) in [5.41, 5.74) is 2.27. The first-order valence-corrected chi connectivity index (χ1v) is 18.2. The zero-order chi connectivity index (χ0) is 35.3. The maximum Gasteiger partial charge on any atom is 0.408 e. The Morgan fingerprint density at radius 2 is 1.12 bits per heavy atom. The van der Waals surface area contributed by atoms with Crippen molar-refractivity contribution in [1.82, 2.24) is 10.6 Å². The third-order valence-electron chi connectivity index (χ3n) is 7.73. The lowest BCUT2D eigenvalue weighted by atomic mass is 9.99. The van der Waals surface area contributed by atoms with Crippen molar-refractivity contribution in [2.24, 2.45) is 5.92 Å². The predicted molar refractivity (Wildman–Crippen MR) is 190 cm³/mol. The minimum atomic E-state index is -4.31. The van der Waals surface area contributed by atoms with E-state index in [1.807, 2.05) is 97.1 Å². The summed E-state index contributed by atoms with van der Waals surface area (Å²) in [6, 6.07) is 35.6. The molecule has 0 heterocycles. The molecule has 4 aromatic rings. The fraction of sp³-hybridized carbons (Fsp3) is 0.308.